The molecule has 4 nitrogen and oxygen atoms in total. The summed E-state index contributed by atoms with van der Waals surface area (Å²) < 4.78 is 10.3. The number of carbonyl (C=O) groups is 2. The molecule has 0 N–H and O–H groups in total. The number of hydrogen-bond acceptors (Lipinski definition) is 4. The fraction of sp³-hybridized carbons (Fsp3) is 0.130. The summed E-state index contributed by atoms with van der Waals surface area (Å²) >= 11 is 0. The van der Waals surface area contributed by atoms with Crippen LogP contribution in [0.15, 0.2) is 66.7 Å². The van der Waals surface area contributed by atoms with E-state index in [4.69, 9.17) is 9.47 Å². The minimum atomic E-state index is -0.492. The smallest absolute Gasteiger partial charge is 0.338 e. The second-order valence-electron chi connectivity index (χ2n) is 6.52. The van der Waals surface area contributed by atoms with Crippen LogP contribution in [0.5, 0.6) is 0 Å². The van der Waals surface area contributed by atoms with Crippen molar-refractivity contribution in [1.29, 1.82) is 0 Å². The Morgan fingerprint density at radius 3 is 2.11 bits per heavy atom. The fourth-order valence-corrected chi connectivity index (χ4v) is 3.38. The zero-order chi connectivity index (χ0) is 19.0. The van der Waals surface area contributed by atoms with Gasteiger partial charge in [0.1, 0.15) is 13.2 Å². The molecule has 134 valence electrons. The highest BCUT2D eigenvalue weighted by Gasteiger charge is 2.16. The molecule has 0 aliphatic carbocycles. The Bertz CT molecular complexity index is 1170. The lowest BCUT2D eigenvalue weighted by Crippen LogP contribution is -2.14. The first kappa shape index (κ1) is 17.0. The van der Waals surface area contributed by atoms with Gasteiger partial charge in [0, 0.05) is 5.57 Å². The summed E-state index contributed by atoms with van der Waals surface area (Å²) in [7, 11) is 0. The summed E-state index contributed by atoms with van der Waals surface area (Å²) in [5.74, 6) is -0.923. The van der Waals surface area contributed by atoms with E-state index in [1.54, 1.807) is 13.0 Å². The van der Waals surface area contributed by atoms with Crippen molar-refractivity contribution in [2.24, 2.45) is 0 Å². The molecular weight excluding hydrogens is 340 g/mol. The van der Waals surface area contributed by atoms with Gasteiger partial charge in [-0.25, -0.2) is 9.59 Å². The monoisotopic (exact) mass is 358 g/mol. The average molecular weight is 358 g/mol. The summed E-state index contributed by atoms with van der Waals surface area (Å²) in [5.41, 5.74) is 0.820. The molecule has 0 bridgehead atoms. The number of ether oxygens (including phenoxy) is 2. The lowest BCUT2D eigenvalue weighted by atomic mass is 9.92. The Labute approximate surface area is 156 Å². The minimum Gasteiger partial charge on any atom is -0.459 e. The molecule has 0 saturated carbocycles. The van der Waals surface area contributed by atoms with E-state index in [0.717, 1.165) is 32.3 Å². The van der Waals surface area contributed by atoms with Crippen LogP contribution < -0.4 is 0 Å². The number of hydrogen-bond donors (Lipinski definition) is 0. The summed E-state index contributed by atoms with van der Waals surface area (Å²) in [6.07, 6.45) is 0. The van der Waals surface area contributed by atoms with Gasteiger partial charge in [-0.05, 0) is 45.3 Å². The van der Waals surface area contributed by atoms with Crippen LogP contribution >= 0.6 is 0 Å². The van der Waals surface area contributed by atoms with E-state index in [0.29, 0.717) is 11.1 Å². The lowest BCUT2D eigenvalue weighted by Gasteiger charge is -2.13. The van der Waals surface area contributed by atoms with E-state index < -0.39 is 11.9 Å². The molecular formula is C23H18O4. The lowest BCUT2D eigenvalue weighted by molar-refractivity contribution is -0.140. The van der Waals surface area contributed by atoms with Crippen molar-refractivity contribution in [1.82, 2.24) is 0 Å². The molecule has 0 spiro atoms. The Morgan fingerprint density at radius 1 is 0.815 bits per heavy atom. The molecule has 0 unspecified atom stereocenters. The van der Waals surface area contributed by atoms with E-state index in [1.165, 1.54) is 0 Å². The largest absolute Gasteiger partial charge is 0.459 e. The van der Waals surface area contributed by atoms with Crippen molar-refractivity contribution in [3.05, 3.63) is 72.3 Å². The third kappa shape index (κ3) is 2.99. The Kier molecular flexibility index (Phi) is 4.24. The van der Waals surface area contributed by atoms with E-state index in [1.807, 2.05) is 24.3 Å². The van der Waals surface area contributed by atoms with Crippen molar-refractivity contribution < 1.29 is 19.1 Å². The highest BCUT2D eigenvalue weighted by Crippen LogP contribution is 2.36. The molecule has 0 saturated heterocycles. The van der Waals surface area contributed by atoms with Gasteiger partial charge in [0.2, 0.25) is 0 Å². The number of benzene rings is 4. The predicted octanol–water partition coefficient (Wildman–Crippen LogP) is 4.86. The zero-order valence-corrected chi connectivity index (χ0v) is 15.0. The van der Waals surface area contributed by atoms with Crippen LogP contribution in [0.25, 0.3) is 32.3 Å². The molecule has 4 aromatic rings. The second-order valence-corrected chi connectivity index (χ2v) is 6.52. The van der Waals surface area contributed by atoms with Crippen molar-refractivity contribution >= 4 is 44.3 Å². The van der Waals surface area contributed by atoms with Gasteiger partial charge in [0.25, 0.3) is 0 Å². The van der Waals surface area contributed by atoms with E-state index in [9.17, 15) is 9.59 Å². The van der Waals surface area contributed by atoms with Crippen molar-refractivity contribution in [3.63, 3.8) is 0 Å². The highest BCUT2D eigenvalue weighted by atomic mass is 16.6. The van der Waals surface area contributed by atoms with Gasteiger partial charge in [-0.1, -0.05) is 55.1 Å². The van der Waals surface area contributed by atoms with Crippen molar-refractivity contribution in [2.45, 2.75) is 6.92 Å². The van der Waals surface area contributed by atoms with Crippen LogP contribution in [-0.4, -0.2) is 25.2 Å². The maximum absolute atomic E-state index is 12.6. The molecule has 0 aromatic heterocycles. The molecule has 4 rings (SSSR count). The van der Waals surface area contributed by atoms with Gasteiger partial charge >= 0.3 is 11.9 Å². The first-order chi connectivity index (χ1) is 13.1. The third-order valence-electron chi connectivity index (χ3n) is 4.65. The molecule has 4 heteroatoms. The SMILES string of the molecule is C=C(C)C(=O)OCCOC(=O)c1ccc2ccc3cccc4ccc1c2c34. The molecule has 0 aliphatic heterocycles. The van der Waals surface area contributed by atoms with E-state index in [2.05, 4.69) is 30.8 Å². The first-order valence-electron chi connectivity index (χ1n) is 8.72. The van der Waals surface area contributed by atoms with Gasteiger partial charge < -0.3 is 9.47 Å². The minimum absolute atomic E-state index is 0.000167. The van der Waals surface area contributed by atoms with Gasteiger partial charge in [-0.3, -0.25) is 0 Å². The van der Waals surface area contributed by atoms with Crippen LogP contribution in [0, 0.1) is 0 Å². The van der Waals surface area contributed by atoms with Crippen LogP contribution in [-0.2, 0) is 14.3 Å². The Hall–Kier alpha value is -3.40. The van der Waals surface area contributed by atoms with Gasteiger partial charge in [-0.2, -0.15) is 0 Å². The van der Waals surface area contributed by atoms with Crippen LogP contribution in [0.4, 0.5) is 0 Å². The topological polar surface area (TPSA) is 52.6 Å². The van der Waals surface area contributed by atoms with Crippen LogP contribution in [0.2, 0.25) is 0 Å². The predicted molar refractivity (Wildman–Crippen MR) is 106 cm³/mol. The van der Waals surface area contributed by atoms with Gasteiger partial charge in [-0.15, -0.1) is 0 Å². The maximum Gasteiger partial charge on any atom is 0.338 e. The van der Waals surface area contributed by atoms with Gasteiger partial charge in [0.05, 0.1) is 5.56 Å². The van der Waals surface area contributed by atoms with E-state index in [-0.39, 0.29) is 13.2 Å². The normalized spacial score (nSPS) is 11.1. The van der Waals surface area contributed by atoms with Gasteiger partial charge in [0.15, 0.2) is 0 Å². The fourth-order valence-electron chi connectivity index (χ4n) is 3.38. The Morgan fingerprint density at radius 2 is 1.41 bits per heavy atom. The standard InChI is InChI=1S/C23H18O4/c1-14(2)22(24)26-12-13-27-23(25)19-11-9-17-7-6-15-4-3-5-16-8-10-18(19)21(17)20(15)16/h3-11H,1,12-13H2,2H3. The second kappa shape index (κ2) is 6.72. The summed E-state index contributed by atoms with van der Waals surface area (Å²) in [4.78, 5) is 24.0. The quantitative estimate of drug-likeness (QED) is 0.221. The number of rotatable bonds is 5. The summed E-state index contributed by atoms with van der Waals surface area (Å²) in [5, 5.41) is 6.44. The molecule has 0 radical (unpaired) electrons. The molecule has 0 atom stereocenters. The molecule has 4 aromatic carbocycles. The average Bonchev–Trinajstić information content (AvgIpc) is 2.68. The molecule has 27 heavy (non-hydrogen) atoms. The van der Waals surface area contributed by atoms with Crippen LogP contribution in [0.1, 0.15) is 17.3 Å². The molecule has 0 amide bonds. The summed E-state index contributed by atoms with van der Waals surface area (Å²) in [6, 6.07) is 18.0. The highest BCUT2D eigenvalue weighted by molar-refractivity contribution is 6.25. The van der Waals surface area contributed by atoms with E-state index >= 15 is 0 Å². The molecule has 0 fully saturated rings. The van der Waals surface area contributed by atoms with Crippen molar-refractivity contribution in [2.75, 3.05) is 13.2 Å². The Balaban J connectivity index is 1.65. The van der Waals surface area contributed by atoms with Crippen molar-refractivity contribution in [3.8, 4) is 0 Å². The third-order valence-corrected chi connectivity index (χ3v) is 4.65. The number of esters is 2. The molecule has 0 heterocycles. The summed E-state index contributed by atoms with van der Waals surface area (Å²) in [6.45, 7) is 5.08. The number of carbonyl (C=O) groups excluding carboxylic acids is 2. The van der Waals surface area contributed by atoms with Crippen LogP contribution in [0.3, 0.4) is 0 Å². The zero-order valence-electron chi connectivity index (χ0n) is 15.0. The first-order valence-corrected chi connectivity index (χ1v) is 8.72. The maximum atomic E-state index is 12.6. The molecule has 0 aliphatic rings.